The van der Waals surface area contributed by atoms with Gasteiger partial charge in [-0.25, -0.2) is 10.4 Å². The number of nitrogens with zero attached hydrogens (tertiary/aromatic N) is 2. The van der Waals surface area contributed by atoms with Crippen LogP contribution in [-0.2, 0) is 0 Å². The Bertz CT molecular complexity index is 1380. The van der Waals surface area contributed by atoms with Gasteiger partial charge in [0.05, 0.1) is 29.1 Å². The molecular formula is C27H25N3O4. The second kappa shape index (κ2) is 9.62. The van der Waals surface area contributed by atoms with Crippen molar-refractivity contribution >= 4 is 23.0 Å². The van der Waals surface area contributed by atoms with Gasteiger partial charge in [0.15, 0.2) is 11.5 Å². The van der Waals surface area contributed by atoms with E-state index in [-0.39, 0.29) is 17.6 Å². The van der Waals surface area contributed by atoms with Crippen LogP contribution >= 0.6 is 0 Å². The summed E-state index contributed by atoms with van der Waals surface area (Å²) in [6.07, 6.45) is 1.47. The van der Waals surface area contributed by atoms with Gasteiger partial charge in [0.2, 0.25) is 0 Å². The molecule has 0 bridgehead atoms. The Kier molecular flexibility index (Phi) is 6.45. The molecule has 0 aliphatic carbocycles. The minimum absolute atomic E-state index is 0.0780. The molecule has 0 fully saturated rings. The zero-order valence-electron chi connectivity index (χ0n) is 19.1. The number of hydrogen-bond acceptors (Lipinski definition) is 6. The predicted octanol–water partition coefficient (Wildman–Crippen LogP) is 5.17. The fourth-order valence-corrected chi connectivity index (χ4v) is 3.50. The van der Waals surface area contributed by atoms with Crippen LogP contribution in [0.1, 0.15) is 35.3 Å². The van der Waals surface area contributed by atoms with Gasteiger partial charge in [-0.05, 0) is 87.0 Å². The molecule has 3 aromatic carbocycles. The molecule has 3 N–H and O–H groups in total. The fraction of sp³-hybridized carbons (Fsp3) is 0.148. The summed E-state index contributed by atoms with van der Waals surface area (Å²) in [7, 11) is 0. The van der Waals surface area contributed by atoms with E-state index in [1.165, 1.54) is 18.3 Å². The summed E-state index contributed by atoms with van der Waals surface area (Å²) in [6.45, 7) is 5.90. The van der Waals surface area contributed by atoms with Gasteiger partial charge in [-0.1, -0.05) is 11.6 Å². The van der Waals surface area contributed by atoms with Crippen molar-refractivity contribution in [3.63, 3.8) is 0 Å². The standard InChI is InChI=1S/C27H25N3O4/c1-16(2)34-20-8-6-19(7-9-20)24-14-22(21-12-17(3)4-10-23(21)29-24)27(33)30-28-15-18-5-11-25(31)26(32)13-18/h4-16,31-32H,1-3H3,(H,30,33). The van der Waals surface area contributed by atoms with E-state index < -0.39 is 5.91 Å². The van der Waals surface area contributed by atoms with Gasteiger partial charge in [0, 0.05) is 10.9 Å². The van der Waals surface area contributed by atoms with Crippen LogP contribution in [0.5, 0.6) is 17.2 Å². The maximum atomic E-state index is 13.1. The quantitative estimate of drug-likeness (QED) is 0.211. The Balaban J connectivity index is 1.66. The van der Waals surface area contributed by atoms with Crippen LogP contribution in [-0.4, -0.2) is 33.4 Å². The third kappa shape index (κ3) is 5.15. The second-order valence-electron chi connectivity index (χ2n) is 8.21. The SMILES string of the molecule is Cc1ccc2nc(-c3ccc(OC(C)C)cc3)cc(C(=O)NN=Cc3ccc(O)c(O)c3)c2c1. The average Bonchev–Trinajstić information content (AvgIpc) is 2.81. The van der Waals surface area contributed by atoms with Crippen molar-refractivity contribution < 1.29 is 19.7 Å². The number of amides is 1. The maximum absolute atomic E-state index is 13.1. The van der Waals surface area contributed by atoms with Crippen LogP contribution in [0, 0.1) is 6.92 Å². The van der Waals surface area contributed by atoms with E-state index in [9.17, 15) is 15.0 Å². The Morgan fingerprint density at radius 3 is 2.47 bits per heavy atom. The molecule has 0 saturated carbocycles. The first-order chi connectivity index (χ1) is 16.3. The summed E-state index contributed by atoms with van der Waals surface area (Å²) in [4.78, 5) is 17.8. The summed E-state index contributed by atoms with van der Waals surface area (Å²) < 4.78 is 5.72. The Morgan fingerprint density at radius 2 is 1.76 bits per heavy atom. The smallest absolute Gasteiger partial charge is 0.272 e. The number of aromatic hydroxyl groups is 2. The van der Waals surface area contributed by atoms with Crippen LogP contribution in [0.4, 0.5) is 0 Å². The zero-order chi connectivity index (χ0) is 24.2. The molecule has 4 rings (SSSR count). The van der Waals surface area contributed by atoms with Crippen molar-refractivity contribution in [3.8, 4) is 28.5 Å². The molecule has 0 aliphatic rings. The average molecular weight is 456 g/mol. The summed E-state index contributed by atoms with van der Waals surface area (Å²) in [5, 5.41) is 23.8. The first kappa shape index (κ1) is 22.8. The number of pyridine rings is 1. The lowest BCUT2D eigenvalue weighted by atomic mass is 10.0. The van der Waals surface area contributed by atoms with E-state index in [2.05, 4.69) is 10.5 Å². The molecule has 1 heterocycles. The number of carbonyl (C=O) groups excluding carboxylic acids is 1. The molecule has 0 spiro atoms. The van der Waals surface area contributed by atoms with Crippen molar-refractivity contribution in [1.29, 1.82) is 0 Å². The number of aromatic nitrogens is 1. The molecule has 0 atom stereocenters. The van der Waals surface area contributed by atoms with E-state index >= 15 is 0 Å². The number of hydrazone groups is 1. The van der Waals surface area contributed by atoms with Crippen LogP contribution in [0.15, 0.2) is 71.8 Å². The number of ether oxygens (including phenoxy) is 1. The van der Waals surface area contributed by atoms with Crippen LogP contribution in [0.3, 0.4) is 0 Å². The van der Waals surface area contributed by atoms with E-state index in [1.54, 1.807) is 12.1 Å². The van der Waals surface area contributed by atoms with E-state index in [0.717, 1.165) is 22.3 Å². The normalized spacial score (nSPS) is 11.3. The molecule has 0 saturated heterocycles. The molecule has 1 aromatic heterocycles. The largest absolute Gasteiger partial charge is 0.504 e. The van der Waals surface area contributed by atoms with Crippen molar-refractivity contribution in [2.45, 2.75) is 26.9 Å². The summed E-state index contributed by atoms with van der Waals surface area (Å²) in [6, 6.07) is 19.4. The highest BCUT2D eigenvalue weighted by molar-refractivity contribution is 6.07. The fourth-order valence-electron chi connectivity index (χ4n) is 3.50. The Labute approximate surface area is 197 Å². The summed E-state index contributed by atoms with van der Waals surface area (Å²) in [5.41, 5.74) is 6.73. The molecule has 1 amide bonds. The highest BCUT2D eigenvalue weighted by Crippen LogP contribution is 2.28. The molecule has 0 unspecified atom stereocenters. The monoisotopic (exact) mass is 455 g/mol. The molecular weight excluding hydrogens is 430 g/mol. The zero-order valence-corrected chi connectivity index (χ0v) is 19.1. The molecule has 172 valence electrons. The number of phenols is 2. The minimum Gasteiger partial charge on any atom is -0.504 e. The van der Waals surface area contributed by atoms with Gasteiger partial charge < -0.3 is 14.9 Å². The first-order valence-electron chi connectivity index (χ1n) is 10.8. The molecule has 34 heavy (non-hydrogen) atoms. The summed E-state index contributed by atoms with van der Waals surface area (Å²) >= 11 is 0. The maximum Gasteiger partial charge on any atom is 0.272 e. The number of nitrogens with one attached hydrogen (secondary N) is 1. The number of phenolic OH excluding ortho intramolecular Hbond substituents is 2. The lowest BCUT2D eigenvalue weighted by Crippen LogP contribution is -2.18. The number of carbonyl (C=O) groups is 1. The molecule has 0 radical (unpaired) electrons. The van der Waals surface area contributed by atoms with Crippen molar-refractivity contribution in [3.05, 3.63) is 83.4 Å². The first-order valence-corrected chi connectivity index (χ1v) is 10.8. The van der Waals surface area contributed by atoms with Gasteiger partial charge in [0.25, 0.3) is 5.91 Å². The van der Waals surface area contributed by atoms with Crippen molar-refractivity contribution in [1.82, 2.24) is 10.4 Å². The number of rotatable bonds is 6. The van der Waals surface area contributed by atoms with E-state index in [1.807, 2.05) is 63.2 Å². The van der Waals surface area contributed by atoms with Gasteiger partial charge in [-0.3, -0.25) is 4.79 Å². The third-order valence-corrected chi connectivity index (χ3v) is 5.11. The highest BCUT2D eigenvalue weighted by Gasteiger charge is 2.14. The van der Waals surface area contributed by atoms with E-state index in [0.29, 0.717) is 22.3 Å². The topological polar surface area (TPSA) is 104 Å². The number of aryl methyl sites for hydroxylation is 1. The van der Waals surface area contributed by atoms with Gasteiger partial charge in [0.1, 0.15) is 5.75 Å². The summed E-state index contributed by atoms with van der Waals surface area (Å²) in [5.74, 6) is -0.113. The van der Waals surface area contributed by atoms with Crippen molar-refractivity contribution in [2.24, 2.45) is 5.10 Å². The van der Waals surface area contributed by atoms with Gasteiger partial charge in [-0.15, -0.1) is 0 Å². The van der Waals surface area contributed by atoms with Crippen LogP contribution < -0.4 is 10.2 Å². The molecule has 0 aliphatic heterocycles. The Morgan fingerprint density at radius 1 is 1.00 bits per heavy atom. The van der Waals surface area contributed by atoms with Gasteiger partial charge in [-0.2, -0.15) is 5.10 Å². The lowest BCUT2D eigenvalue weighted by molar-refractivity contribution is 0.0956. The molecule has 4 aromatic rings. The van der Waals surface area contributed by atoms with E-state index in [4.69, 9.17) is 9.72 Å². The lowest BCUT2D eigenvalue weighted by Gasteiger charge is -2.12. The third-order valence-electron chi connectivity index (χ3n) is 5.11. The van der Waals surface area contributed by atoms with Crippen LogP contribution in [0.25, 0.3) is 22.2 Å². The second-order valence-corrected chi connectivity index (χ2v) is 8.21. The highest BCUT2D eigenvalue weighted by atomic mass is 16.5. The Hall–Kier alpha value is -4.39. The number of benzene rings is 3. The molecule has 7 nitrogen and oxygen atoms in total. The molecule has 7 heteroatoms. The minimum atomic E-state index is -0.390. The number of hydrogen-bond donors (Lipinski definition) is 3. The number of fused-ring (bicyclic) bond motifs is 1. The van der Waals surface area contributed by atoms with Gasteiger partial charge >= 0.3 is 0 Å². The van der Waals surface area contributed by atoms with Crippen LogP contribution in [0.2, 0.25) is 0 Å². The predicted molar refractivity (Wildman–Crippen MR) is 133 cm³/mol. The van der Waals surface area contributed by atoms with Crippen molar-refractivity contribution in [2.75, 3.05) is 0 Å².